The third-order valence-corrected chi connectivity index (χ3v) is 8.77. The molecule has 1 aliphatic heterocycles. The average molecular weight is 703 g/mol. The van der Waals surface area contributed by atoms with Gasteiger partial charge in [-0.2, -0.15) is 0 Å². The molecule has 0 saturated carbocycles. The first-order chi connectivity index (χ1) is 22.3. The van der Waals surface area contributed by atoms with E-state index >= 15 is 0 Å². The highest BCUT2D eigenvalue weighted by atomic mass is 79.9. The van der Waals surface area contributed by atoms with E-state index in [1.165, 1.54) is 47.2 Å². The van der Waals surface area contributed by atoms with Crippen LogP contribution in [0.3, 0.4) is 0 Å². The van der Waals surface area contributed by atoms with Gasteiger partial charge < -0.3 is 14.8 Å². The van der Waals surface area contributed by atoms with Crippen LogP contribution in [0.25, 0.3) is 6.08 Å². The number of hydrogen-bond acceptors (Lipinski definition) is 6. The fourth-order valence-corrected chi connectivity index (χ4v) is 6.06. The first kappa shape index (κ1) is 33.0. The quantitative estimate of drug-likeness (QED) is 0.158. The molecule has 0 aliphatic carbocycles. The van der Waals surface area contributed by atoms with E-state index in [1.807, 2.05) is 55.5 Å². The Labute approximate surface area is 280 Å². The number of anilines is 2. The van der Waals surface area contributed by atoms with E-state index in [0.29, 0.717) is 43.9 Å². The van der Waals surface area contributed by atoms with Crippen molar-refractivity contribution in [3.63, 3.8) is 0 Å². The Hall–Kier alpha value is -4.41. The van der Waals surface area contributed by atoms with Crippen LogP contribution in [-0.2, 0) is 22.4 Å². The van der Waals surface area contributed by atoms with Crippen molar-refractivity contribution in [2.45, 2.75) is 33.6 Å². The van der Waals surface area contributed by atoms with Crippen molar-refractivity contribution in [1.82, 2.24) is 0 Å². The van der Waals surface area contributed by atoms with Gasteiger partial charge in [0.1, 0.15) is 5.82 Å². The molecule has 46 heavy (non-hydrogen) atoms. The molecule has 4 aromatic carbocycles. The van der Waals surface area contributed by atoms with Crippen LogP contribution in [0.1, 0.15) is 37.5 Å². The molecule has 0 unspecified atom stereocenters. The van der Waals surface area contributed by atoms with Gasteiger partial charge in [0.15, 0.2) is 23.3 Å². The van der Waals surface area contributed by atoms with Gasteiger partial charge in [0.25, 0.3) is 11.8 Å². The monoisotopic (exact) mass is 701 g/mol. The predicted molar refractivity (Wildman–Crippen MR) is 188 cm³/mol. The van der Waals surface area contributed by atoms with Crippen LogP contribution >= 0.6 is 27.7 Å². The molecule has 4 aromatic rings. The van der Waals surface area contributed by atoms with Gasteiger partial charge in [-0.25, -0.2) is 9.38 Å². The van der Waals surface area contributed by atoms with Crippen molar-refractivity contribution >= 4 is 67.8 Å². The molecule has 0 bridgehead atoms. The number of thioether (sulfide) groups is 1. The second kappa shape index (κ2) is 15.2. The number of carbonyl (C=O) groups is 2. The molecule has 2 amide bonds. The van der Waals surface area contributed by atoms with E-state index in [1.54, 1.807) is 23.1 Å². The van der Waals surface area contributed by atoms with Crippen LogP contribution in [0.2, 0.25) is 0 Å². The van der Waals surface area contributed by atoms with E-state index in [0.717, 1.165) is 24.2 Å². The second-order valence-corrected chi connectivity index (χ2v) is 12.1. The Balaban J connectivity index is 1.42. The number of hydrogen-bond donors (Lipinski definition) is 1. The zero-order valence-corrected chi connectivity index (χ0v) is 28.1. The number of nitrogens with zero attached hydrogens (tertiary/aromatic N) is 2. The van der Waals surface area contributed by atoms with Crippen molar-refractivity contribution in [2.24, 2.45) is 4.99 Å². The standard InChI is InChI=1S/C36H33BrFN3O4S/c1-4-23-7-13-28(14-8-23)40-36-41(29-17-9-24(5-2)10-18-29)35(43)33(46-36)20-25-19-31(44-6-3)32(21-30(25)37)45-22-34(42)39-27-15-11-26(38)12-16-27/h7-21H,4-6,22H2,1-3H3,(H,39,42)/b33-20-,40-36?. The maximum atomic E-state index is 13.9. The normalized spacial score (nSPS) is 14.6. The molecule has 7 nitrogen and oxygen atoms in total. The summed E-state index contributed by atoms with van der Waals surface area (Å²) in [5.74, 6) is -0.226. The highest BCUT2D eigenvalue weighted by Crippen LogP contribution is 2.40. The number of carbonyl (C=O) groups excluding carboxylic acids is 2. The second-order valence-electron chi connectivity index (χ2n) is 10.3. The Bertz CT molecular complexity index is 1780. The molecule has 1 fully saturated rings. The summed E-state index contributed by atoms with van der Waals surface area (Å²) >= 11 is 4.90. The summed E-state index contributed by atoms with van der Waals surface area (Å²) in [5, 5.41) is 3.23. The minimum absolute atomic E-state index is 0.194. The number of nitrogens with one attached hydrogen (secondary N) is 1. The van der Waals surface area contributed by atoms with E-state index in [2.05, 4.69) is 35.1 Å². The Morgan fingerprint density at radius 3 is 2.17 bits per heavy atom. The Kier molecular flexibility index (Phi) is 10.9. The SMILES string of the molecule is CCOc1cc(/C=C2\SC(=Nc3ccc(CC)cc3)N(c3ccc(CC)cc3)C2=O)c(Br)cc1OCC(=O)Nc1ccc(F)cc1. The molecule has 1 heterocycles. The van der Waals surface area contributed by atoms with E-state index in [4.69, 9.17) is 14.5 Å². The van der Waals surface area contributed by atoms with Crippen LogP contribution in [0.4, 0.5) is 21.5 Å². The van der Waals surface area contributed by atoms with Gasteiger partial charge >= 0.3 is 0 Å². The van der Waals surface area contributed by atoms with E-state index in [-0.39, 0.29) is 12.5 Å². The van der Waals surface area contributed by atoms with Gasteiger partial charge in [-0.3, -0.25) is 14.5 Å². The fourth-order valence-electron chi connectivity index (χ4n) is 4.63. The lowest BCUT2D eigenvalue weighted by atomic mass is 10.1. The summed E-state index contributed by atoms with van der Waals surface area (Å²) in [5.41, 5.74) is 5.03. The number of benzene rings is 4. The van der Waals surface area contributed by atoms with Crippen LogP contribution in [0.5, 0.6) is 11.5 Å². The van der Waals surface area contributed by atoms with Crippen molar-refractivity contribution in [1.29, 1.82) is 0 Å². The minimum atomic E-state index is -0.410. The zero-order chi connectivity index (χ0) is 32.6. The van der Waals surface area contributed by atoms with Gasteiger partial charge in [-0.05, 0) is 115 Å². The Morgan fingerprint density at radius 1 is 0.913 bits per heavy atom. The fraction of sp³-hybridized carbons (Fsp3) is 0.194. The number of aryl methyl sites for hydroxylation is 2. The summed E-state index contributed by atoms with van der Waals surface area (Å²) in [6.07, 6.45) is 3.62. The number of amidine groups is 1. The first-order valence-electron chi connectivity index (χ1n) is 14.9. The summed E-state index contributed by atoms with van der Waals surface area (Å²) in [7, 11) is 0. The van der Waals surface area contributed by atoms with Crippen LogP contribution in [0.15, 0.2) is 99.3 Å². The van der Waals surface area contributed by atoms with Crippen molar-refractivity contribution in [3.8, 4) is 11.5 Å². The number of halogens is 2. The lowest BCUT2D eigenvalue weighted by Crippen LogP contribution is -2.28. The minimum Gasteiger partial charge on any atom is -0.490 e. The molecule has 0 spiro atoms. The third-order valence-electron chi connectivity index (χ3n) is 7.11. The third kappa shape index (κ3) is 8.05. The van der Waals surface area contributed by atoms with Crippen molar-refractivity contribution in [3.05, 3.63) is 117 Å². The molecule has 0 radical (unpaired) electrons. The van der Waals surface area contributed by atoms with Gasteiger partial charge in [0.2, 0.25) is 0 Å². The molecule has 236 valence electrons. The average Bonchev–Trinajstić information content (AvgIpc) is 3.36. The summed E-state index contributed by atoms with van der Waals surface area (Å²) in [4.78, 5) is 33.4. The van der Waals surface area contributed by atoms with Gasteiger partial charge in [0, 0.05) is 10.2 Å². The maximum absolute atomic E-state index is 13.9. The molecule has 1 saturated heterocycles. The molecule has 5 rings (SSSR count). The number of rotatable bonds is 11. The molecule has 1 aliphatic rings. The topological polar surface area (TPSA) is 80.2 Å². The number of amides is 2. The summed E-state index contributed by atoms with van der Waals surface area (Å²) in [6.45, 7) is 6.11. The van der Waals surface area contributed by atoms with Gasteiger partial charge in [-0.15, -0.1) is 0 Å². The van der Waals surface area contributed by atoms with Crippen LogP contribution in [0, 0.1) is 5.82 Å². The van der Waals surface area contributed by atoms with E-state index < -0.39 is 11.7 Å². The summed E-state index contributed by atoms with van der Waals surface area (Å²) < 4.78 is 25.5. The lowest BCUT2D eigenvalue weighted by molar-refractivity contribution is -0.118. The molecular formula is C36H33BrFN3O4S. The highest BCUT2D eigenvalue weighted by molar-refractivity contribution is 9.10. The van der Waals surface area contributed by atoms with Crippen LogP contribution < -0.4 is 19.7 Å². The van der Waals surface area contributed by atoms with Gasteiger partial charge in [0.05, 0.1) is 22.9 Å². The van der Waals surface area contributed by atoms with Crippen LogP contribution in [-0.4, -0.2) is 30.2 Å². The lowest BCUT2D eigenvalue weighted by Gasteiger charge is -2.16. The molecule has 1 N–H and O–H groups in total. The largest absolute Gasteiger partial charge is 0.490 e. The molecule has 0 aromatic heterocycles. The zero-order valence-electron chi connectivity index (χ0n) is 25.7. The summed E-state index contributed by atoms with van der Waals surface area (Å²) in [6, 6.07) is 24.9. The molecule has 10 heteroatoms. The molecular weight excluding hydrogens is 669 g/mol. The highest BCUT2D eigenvalue weighted by Gasteiger charge is 2.35. The number of ether oxygens (including phenoxy) is 2. The van der Waals surface area contributed by atoms with Crippen molar-refractivity contribution < 1.29 is 23.5 Å². The molecule has 0 atom stereocenters. The number of aliphatic imine (C=N–C) groups is 1. The maximum Gasteiger partial charge on any atom is 0.271 e. The Morgan fingerprint density at radius 2 is 1.54 bits per heavy atom. The first-order valence-corrected chi connectivity index (χ1v) is 16.5. The van der Waals surface area contributed by atoms with Gasteiger partial charge in [-0.1, -0.05) is 54.0 Å². The predicted octanol–water partition coefficient (Wildman–Crippen LogP) is 8.94. The smallest absolute Gasteiger partial charge is 0.271 e. The van der Waals surface area contributed by atoms with Crippen molar-refractivity contribution in [2.75, 3.05) is 23.4 Å². The van der Waals surface area contributed by atoms with E-state index in [9.17, 15) is 14.0 Å².